The molecule has 0 spiro atoms. The Morgan fingerprint density at radius 2 is 2.20 bits per heavy atom. The summed E-state index contributed by atoms with van der Waals surface area (Å²) in [6.07, 6.45) is 0. The van der Waals surface area contributed by atoms with Gasteiger partial charge in [-0.25, -0.2) is 0 Å². The Labute approximate surface area is 118 Å². The summed E-state index contributed by atoms with van der Waals surface area (Å²) in [6, 6.07) is 3.84. The molecule has 0 aliphatic heterocycles. The van der Waals surface area contributed by atoms with Gasteiger partial charge in [0.05, 0.1) is 4.92 Å². The Balaban J connectivity index is 2.74. The van der Waals surface area contributed by atoms with E-state index in [-0.39, 0.29) is 23.5 Å². The summed E-state index contributed by atoms with van der Waals surface area (Å²) in [6.45, 7) is 2.08. The SMILES string of the molecule is CCS(=O)CCNC(=O)c1ccc([N+](=O)[O-])c(NN)c1. The molecule has 4 N–H and O–H groups in total. The van der Waals surface area contributed by atoms with Gasteiger partial charge in [-0.3, -0.25) is 25.0 Å². The number of nitrogens with one attached hydrogen (secondary N) is 2. The second-order valence-electron chi connectivity index (χ2n) is 3.82. The van der Waals surface area contributed by atoms with Crippen molar-refractivity contribution in [1.29, 1.82) is 0 Å². The molecule has 0 saturated carbocycles. The van der Waals surface area contributed by atoms with Gasteiger partial charge in [-0.1, -0.05) is 6.92 Å². The van der Waals surface area contributed by atoms with Crippen LogP contribution in [-0.2, 0) is 10.8 Å². The number of carbonyl (C=O) groups is 1. The largest absolute Gasteiger partial charge is 0.351 e. The first-order chi connectivity index (χ1) is 9.49. The minimum absolute atomic E-state index is 0.0554. The molecule has 9 heteroatoms. The van der Waals surface area contributed by atoms with E-state index in [1.54, 1.807) is 6.92 Å². The Bertz CT molecular complexity index is 535. The lowest BCUT2D eigenvalue weighted by atomic mass is 10.1. The summed E-state index contributed by atoms with van der Waals surface area (Å²) in [5, 5.41) is 13.3. The van der Waals surface area contributed by atoms with Crippen molar-refractivity contribution in [2.24, 2.45) is 5.84 Å². The molecule has 0 radical (unpaired) electrons. The Morgan fingerprint density at radius 1 is 1.50 bits per heavy atom. The van der Waals surface area contributed by atoms with Crippen molar-refractivity contribution < 1.29 is 13.9 Å². The number of carbonyl (C=O) groups excluding carboxylic acids is 1. The van der Waals surface area contributed by atoms with Gasteiger partial charge in [-0.15, -0.1) is 0 Å². The van der Waals surface area contributed by atoms with Crippen molar-refractivity contribution >= 4 is 28.1 Å². The number of hydrogen-bond acceptors (Lipinski definition) is 6. The number of rotatable bonds is 7. The lowest BCUT2D eigenvalue weighted by Gasteiger charge is -2.07. The summed E-state index contributed by atoms with van der Waals surface area (Å²) in [7, 11) is -0.952. The molecule has 0 fully saturated rings. The number of anilines is 1. The molecule has 8 nitrogen and oxygen atoms in total. The van der Waals surface area contributed by atoms with Crippen LogP contribution in [-0.4, -0.2) is 33.1 Å². The van der Waals surface area contributed by atoms with Crippen molar-refractivity contribution in [3.05, 3.63) is 33.9 Å². The van der Waals surface area contributed by atoms with Crippen molar-refractivity contribution in [2.75, 3.05) is 23.5 Å². The first kappa shape index (κ1) is 16.1. The molecule has 0 bridgehead atoms. The molecule has 0 saturated heterocycles. The number of benzene rings is 1. The molecule has 110 valence electrons. The minimum Gasteiger partial charge on any atom is -0.351 e. The van der Waals surface area contributed by atoms with E-state index in [4.69, 9.17) is 5.84 Å². The Morgan fingerprint density at radius 3 is 2.75 bits per heavy atom. The van der Waals surface area contributed by atoms with Crippen LogP contribution >= 0.6 is 0 Å². The predicted octanol–water partition coefficient (Wildman–Crippen LogP) is 0.379. The number of nitro benzene ring substituents is 1. The number of nitrogen functional groups attached to an aromatic ring is 1. The number of hydrazine groups is 1. The maximum atomic E-state index is 11.8. The normalized spacial score (nSPS) is 11.7. The number of nitrogens with two attached hydrogens (primary N) is 1. The Hall–Kier alpha value is -2.00. The standard InChI is InChI=1S/C11H16N4O4S/c1-2-20(19)6-5-13-11(16)8-3-4-10(15(17)18)9(7-8)14-12/h3-4,7,14H,2,5-6,12H2,1H3,(H,13,16). The third kappa shape index (κ3) is 4.28. The maximum absolute atomic E-state index is 11.8. The van der Waals surface area contributed by atoms with Gasteiger partial charge < -0.3 is 10.7 Å². The van der Waals surface area contributed by atoms with Crippen LogP contribution < -0.4 is 16.6 Å². The molecule has 0 aliphatic carbocycles. The second kappa shape index (κ2) is 7.56. The van der Waals surface area contributed by atoms with Crippen molar-refractivity contribution in [2.45, 2.75) is 6.92 Å². The van der Waals surface area contributed by atoms with Crippen LogP contribution in [0, 0.1) is 10.1 Å². The molecule has 1 atom stereocenters. The lowest BCUT2D eigenvalue weighted by Crippen LogP contribution is -2.28. The van der Waals surface area contributed by atoms with Crippen LogP contribution in [0.1, 0.15) is 17.3 Å². The summed E-state index contributed by atoms with van der Waals surface area (Å²) >= 11 is 0. The highest BCUT2D eigenvalue weighted by molar-refractivity contribution is 7.84. The molecule has 1 amide bonds. The van der Waals surface area contributed by atoms with Gasteiger partial charge in [-0.2, -0.15) is 0 Å². The van der Waals surface area contributed by atoms with E-state index in [2.05, 4.69) is 10.7 Å². The van der Waals surface area contributed by atoms with Crippen molar-refractivity contribution in [3.8, 4) is 0 Å². The quantitative estimate of drug-likeness (QED) is 0.379. The summed E-state index contributed by atoms with van der Waals surface area (Å²) in [5.41, 5.74) is 2.27. The van der Waals surface area contributed by atoms with Crippen molar-refractivity contribution in [3.63, 3.8) is 0 Å². The fourth-order valence-corrected chi connectivity index (χ4v) is 2.10. The van der Waals surface area contributed by atoms with Crippen LogP contribution in [0.15, 0.2) is 18.2 Å². The number of nitro groups is 1. The monoisotopic (exact) mass is 300 g/mol. The first-order valence-corrected chi connectivity index (χ1v) is 7.36. The van der Waals surface area contributed by atoms with E-state index in [9.17, 15) is 19.1 Å². The first-order valence-electron chi connectivity index (χ1n) is 5.87. The number of amides is 1. The van der Waals surface area contributed by atoms with E-state index in [0.717, 1.165) is 0 Å². The molecular weight excluding hydrogens is 284 g/mol. The van der Waals surface area contributed by atoms with Crippen LogP contribution in [0.3, 0.4) is 0 Å². The van der Waals surface area contributed by atoms with Gasteiger partial charge in [-0.05, 0) is 12.1 Å². The summed E-state index contributed by atoms with van der Waals surface area (Å²) in [5.74, 6) is 5.70. The van der Waals surface area contributed by atoms with Crippen LogP contribution in [0.4, 0.5) is 11.4 Å². The van der Waals surface area contributed by atoms with E-state index in [0.29, 0.717) is 11.5 Å². The fourth-order valence-electron chi connectivity index (χ4n) is 1.48. The predicted molar refractivity (Wildman–Crippen MR) is 76.8 cm³/mol. The van der Waals surface area contributed by atoms with Gasteiger partial charge in [0.15, 0.2) is 0 Å². The molecule has 0 aromatic heterocycles. The molecule has 0 aliphatic rings. The average Bonchev–Trinajstić information content (AvgIpc) is 2.45. The minimum atomic E-state index is -0.952. The summed E-state index contributed by atoms with van der Waals surface area (Å²) in [4.78, 5) is 21.9. The topological polar surface area (TPSA) is 127 Å². The van der Waals surface area contributed by atoms with E-state index in [1.807, 2.05) is 0 Å². The molecule has 1 aromatic rings. The fraction of sp³-hybridized carbons (Fsp3) is 0.364. The highest BCUT2D eigenvalue weighted by Gasteiger charge is 2.16. The molecule has 0 heterocycles. The number of hydrogen-bond donors (Lipinski definition) is 3. The van der Waals surface area contributed by atoms with Gasteiger partial charge in [0.2, 0.25) is 0 Å². The van der Waals surface area contributed by atoms with E-state index < -0.39 is 21.6 Å². The van der Waals surface area contributed by atoms with Gasteiger partial charge in [0.1, 0.15) is 5.69 Å². The number of nitrogens with zero attached hydrogens (tertiary/aromatic N) is 1. The van der Waals surface area contributed by atoms with Crippen LogP contribution in [0.25, 0.3) is 0 Å². The van der Waals surface area contributed by atoms with Crippen molar-refractivity contribution in [1.82, 2.24) is 5.32 Å². The van der Waals surface area contributed by atoms with E-state index >= 15 is 0 Å². The highest BCUT2D eigenvalue weighted by atomic mass is 32.2. The van der Waals surface area contributed by atoms with Crippen LogP contribution in [0.2, 0.25) is 0 Å². The highest BCUT2D eigenvalue weighted by Crippen LogP contribution is 2.24. The molecular formula is C11H16N4O4S. The lowest BCUT2D eigenvalue weighted by molar-refractivity contribution is -0.384. The van der Waals surface area contributed by atoms with Crippen LogP contribution in [0.5, 0.6) is 0 Å². The molecule has 1 rings (SSSR count). The van der Waals surface area contributed by atoms with Gasteiger partial charge in [0.25, 0.3) is 11.6 Å². The maximum Gasteiger partial charge on any atom is 0.293 e. The molecule has 1 unspecified atom stereocenters. The third-order valence-corrected chi connectivity index (χ3v) is 3.85. The van der Waals surface area contributed by atoms with Gasteiger partial charge in [0, 0.05) is 40.5 Å². The van der Waals surface area contributed by atoms with Gasteiger partial charge >= 0.3 is 0 Å². The summed E-state index contributed by atoms with van der Waals surface area (Å²) < 4.78 is 11.2. The average molecular weight is 300 g/mol. The zero-order chi connectivity index (χ0) is 15.1. The zero-order valence-electron chi connectivity index (χ0n) is 10.9. The molecule has 1 aromatic carbocycles. The van der Waals surface area contributed by atoms with E-state index in [1.165, 1.54) is 18.2 Å². The molecule has 20 heavy (non-hydrogen) atoms. The second-order valence-corrected chi connectivity index (χ2v) is 5.69. The third-order valence-electron chi connectivity index (χ3n) is 2.55. The Kier molecular flexibility index (Phi) is 6.07. The smallest absolute Gasteiger partial charge is 0.293 e. The zero-order valence-corrected chi connectivity index (χ0v) is 11.7.